The Hall–Kier alpha value is -0.411. The normalized spacial score (nSPS) is 6.29. The molecule has 7 heavy (non-hydrogen) atoms. The summed E-state index contributed by atoms with van der Waals surface area (Å²) in [5, 5.41) is 14.8. The number of hydrogen-bond acceptors (Lipinski definition) is 2. The molecule has 0 aromatic carbocycles. The Morgan fingerprint density at radius 3 is 1.14 bits per heavy atom. The molecule has 0 spiro atoms. The number of carbonyl (C=O) groups is 2. The molecule has 0 aromatic heterocycles. The van der Waals surface area contributed by atoms with E-state index in [0.29, 0.717) is 0 Å². The van der Waals surface area contributed by atoms with Crippen LogP contribution in [0.2, 0.25) is 0 Å². The predicted molar refractivity (Wildman–Crippen MR) is 15.3 cm³/mol. The second-order valence-electron chi connectivity index (χ2n) is 0.610. The Balaban J connectivity index is 0. The fourth-order valence-corrected chi connectivity index (χ4v) is 0. The van der Waals surface area contributed by atoms with Gasteiger partial charge in [-0.3, -0.25) is 0 Å². The van der Waals surface area contributed by atoms with Crippen molar-refractivity contribution in [2.75, 3.05) is 0 Å². The van der Waals surface area contributed by atoms with Crippen molar-refractivity contribution in [2.45, 2.75) is 0 Å². The Labute approximate surface area is 52.5 Å². The third kappa shape index (κ3) is 5.59. The monoisotopic (exact) mass is 283 g/mol. The summed E-state index contributed by atoms with van der Waals surface area (Å²) in [6.45, 7) is 0. The molecule has 0 amide bonds. The molecule has 0 saturated heterocycles. The van der Waals surface area contributed by atoms with Crippen molar-refractivity contribution in [3.8, 4) is 0 Å². The summed E-state index contributed by atoms with van der Waals surface area (Å²) < 4.78 is 0. The molecule has 0 aromatic rings. The summed E-state index contributed by atoms with van der Waals surface area (Å²) in [4.78, 5) is 18.2. The first kappa shape index (κ1) is 9.77. The van der Waals surface area contributed by atoms with Gasteiger partial charge in [0, 0.05) is 20.1 Å². The molecule has 43 valence electrons. The molecule has 5 heteroatoms. The van der Waals surface area contributed by atoms with Crippen LogP contribution >= 0.6 is 0 Å². The van der Waals surface area contributed by atoms with E-state index in [-0.39, 0.29) is 20.1 Å². The Bertz CT molecular complexity index is 75.7. The molecule has 0 aliphatic heterocycles. The molecule has 4 nitrogen and oxygen atoms in total. The number of rotatable bonds is 0. The van der Waals surface area contributed by atoms with Crippen molar-refractivity contribution in [1.82, 2.24) is 0 Å². The Morgan fingerprint density at radius 1 is 1.00 bits per heavy atom. The van der Waals surface area contributed by atoms with Crippen LogP contribution in [0.5, 0.6) is 0 Å². The van der Waals surface area contributed by atoms with E-state index >= 15 is 0 Å². The van der Waals surface area contributed by atoms with Gasteiger partial charge in [-0.1, -0.05) is 0 Å². The zero-order chi connectivity index (χ0) is 5.15. The zero-order valence-electron chi connectivity index (χ0n) is 3.04. The Kier molecular flexibility index (Phi) is 5.26. The van der Waals surface area contributed by atoms with Gasteiger partial charge in [-0.25, -0.2) is 9.59 Å². The van der Waals surface area contributed by atoms with Crippen molar-refractivity contribution < 1.29 is 39.9 Å². The molecule has 0 saturated carbocycles. The van der Waals surface area contributed by atoms with E-state index in [1.165, 1.54) is 0 Å². The van der Waals surface area contributed by atoms with E-state index in [4.69, 9.17) is 19.8 Å². The van der Waals surface area contributed by atoms with Gasteiger partial charge in [0.1, 0.15) is 0 Å². The van der Waals surface area contributed by atoms with Gasteiger partial charge >= 0.3 is 11.9 Å². The number of hydrogen-bond donors (Lipinski definition) is 2. The Morgan fingerprint density at radius 2 is 1.14 bits per heavy atom. The van der Waals surface area contributed by atoms with Crippen molar-refractivity contribution >= 4 is 11.9 Å². The standard InChI is InChI=1S/C2H2O4.Ir/c3-1(4)2(5)6;/h(H,3,4)(H,5,6);. The van der Waals surface area contributed by atoms with Gasteiger partial charge in [0.15, 0.2) is 0 Å². The van der Waals surface area contributed by atoms with Crippen molar-refractivity contribution in [1.29, 1.82) is 0 Å². The van der Waals surface area contributed by atoms with Crippen LogP contribution in [-0.4, -0.2) is 22.2 Å². The van der Waals surface area contributed by atoms with Gasteiger partial charge in [-0.15, -0.1) is 0 Å². The van der Waals surface area contributed by atoms with E-state index in [9.17, 15) is 0 Å². The summed E-state index contributed by atoms with van der Waals surface area (Å²) in [5.41, 5.74) is 0. The van der Waals surface area contributed by atoms with Crippen LogP contribution in [-0.2, 0) is 29.7 Å². The van der Waals surface area contributed by atoms with Crippen molar-refractivity contribution in [2.24, 2.45) is 0 Å². The maximum absolute atomic E-state index is 9.10. The number of aliphatic carboxylic acids is 2. The second-order valence-corrected chi connectivity index (χ2v) is 0.610. The first-order valence-corrected chi connectivity index (χ1v) is 1.11. The molecule has 0 heterocycles. The van der Waals surface area contributed by atoms with Gasteiger partial charge in [0.2, 0.25) is 0 Å². The molecule has 0 rings (SSSR count). The molecule has 0 aliphatic carbocycles. The average Bonchev–Trinajstić information content (AvgIpc) is 1.36. The quantitative estimate of drug-likeness (QED) is 0.568. The third-order valence-electron chi connectivity index (χ3n) is 0.183. The fourth-order valence-electron chi connectivity index (χ4n) is 0. The molecule has 0 bridgehead atoms. The largest absolute Gasteiger partial charge is 0.473 e. The van der Waals surface area contributed by atoms with Crippen LogP contribution in [0.3, 0.4) is 0 Å². The summed E-state index contributed by atoms with van der Waals surface area (Å²) in [7, 11) is 0. The van der Waals surface area contributed by atoms with Crippen LogP contribution in [0.1, 0.15) is 0 Å². The predicted octanol–water partition coefficient (Wildman–Crippen LogP) is -0.847. The van der Waals surface area contributed by atoms with Gasteiger partial charge in [-0.05, 0) is 0 Å². The molecular formula is C2H2IrO4. The number of carboxylic acid groups (broad SMARTS) is 2. The van der Waals surface area contributed by atoms with Gasteiger partial charge in [-0.2, -0.15) is 0 Å². The topological polar surface area (TPSA) is 74.6 Å². The maximum Gasteiger partial charge on any atom is 0.414 e. The van der Waals surface area contributed by atoms with Crippen molar-refractivity contribution in [3.05, 3.63) is 0 Å². The minimum Gasteiger partial charge on any atom is -0.473 e. The van der Waals surface area contributed by atoms with E-state index < -0.39 is 11.9 Å². The third-order valence-corrected chi connectivity index (χ3v) is 0.183. The molecule has 0 atom stereocenters. The SMILES string of the molecule is O=C(O)C(=O)O.[Ir]. The van der Waals surface area contributed by atoms with Crippen LogP contribution in [0.4, 0.5) is 0 Å². The fraction of sp³-hybridized carbons (Fsp3) is 0. The first-order valence-electron chi connectivity index (χ1n) is 1.11. The van der Waals surface area contributed by atoms with Crippen LogP contribution in [0.15, 0.2) is 0 Å². The van der Waals surface area contributed by atoms with Gasteiger partial charge in [0.05, 0.1) is 0 Å². The summed E-state index contributed by atoms with van der Waals surface area (Å²) in [6, 6.07) is 0. The van der Waals surface area contributed by atoms with E-state index in [1.54, 1.807) is 0 Å². The van der Waals surface area contributed by atoms with Gasteiger partial charge in [0.25, 0.3) is 0 Å². The summed E-state index contributed by atoms with van der Waals surface area (Å²) >= 11 is 0. The second kappa shape index (κ2) is 3.77. The van der Waals surface area contributed by atoms with E-state index in [0.717, 1.165) is 0 Å². The smallest absolute Gasteiger partial charge is 0.414 e. The zero-order valence-corrected chi connectivity index (χ0v) is 5.44. The number of carboxylic acids is 2. The summed E-state index contributed by atoms with van der Waals surface area (Å²) in [6.07, 6.45) is 0. The average molecular weight is 282 g/mol. The van der Waals surface area contributed by atoms with Crippen LogP contribution in [0, 0.1) is 0 Å². The molecule has 2 N–H and O–H groups in total. The minimum atomic E-state index is -1.82. The van der Waals surface area contributed by atoms with E-state index in [2.05, 4.69) is 0 Å². The molecule has 0 unspecified atom stereocenters. The molecular weight excluding hydrogens is 280 g/mol. The summed E-state index contributed by atoms with van der Waals surface area (Å²) in [5.74, 6) is -3.65. The molecule has 0 aliphatic rings. The first-order chi connectivity index (χ1) is 2.64. The van der Waals surface area contributed by atoms with Gasteiger partial charge < -0.3 is 10.2 Å². The van der Waals surface area contributed by atoms with Crippen LogP contribution in [0.25, 0.3) is 0 Å². The maximum atomic E-state index is 9.10. The van der Waals surface area contributed by atoms with E-state index in [1.807, 2.05) is 0 Å². The molecule has 1 radical (unpaired) electrons. The van der Waals surface area contributed by atoms with Crippen LogP contribution < -0.4 is 0 Å². The van der Waals surface area contributed by atoms with Crippen molar-refractivity contribution in [3.63, 3.8) is 0 Å². The minimum absolute atomic E-state index is 0. The molecule has 0 fully saturated rings.